The molecule has 0 radical (unpaired) electrons. The lowest BCUT2D eigenvalue weighted by Gasteiger charge is -2.28. The van der Waals surface area contributed by atoms with E-state index in [0.717, 1.165) is 27.4 Å². The lowest BCUT2D eigenvalue weighted by atomic mass is 10.0. The van der Waals surface area contributed by atoms with Crippen LogP contribution >= 0.6 is 39.5 Å². The number of aromatic nitrogens is 1. The highest BCUT2D eigenvalue weighted by molar-refractivity contribution is 9.10. The summed E-state index contributed by atoms with van der Waals surface area (Å²) >= 11 is 11.0. The van der Waals surface area contributed by atoms with Gasteiger partial charge in [0.05, 0.1) is 37.7 Å². The maximum absolute atomic E-state index is 5.75. The van der Waals surface area contributed by atoms with Gasteiger partial charge in [0.1, 0.15) is 11.5 Å². The quantitative estimate of drug-likeness (QED) is 0.517. The smallest absolute Gasteiger partial charge is 0.174 e. The molecule has 1 fully saturated rings. The van der Waals surface area contributed by atoms with Crippen molar-refractivity contribution < 1.29 is 9.47 Å². The molecule has 0 saturated carbocycles. The van der Waals surface area contributed by atoms with Crippen molar-refractivity contribution in [3.63, 3.8) is 0 Å². The van der Waals surface area contributed by atoms with Crippen molar-refractivity contribution in [2.45, 2.75) is 12.1 Å². The van der Waals surface area contributed by atoms with E-state index >= 15 is 0 Å². The molecule has 2 atom stereocenters. The second-order valence-corrected chi connectivity index (χ2v) is 8.45. The van der Waals surface area contributed by atoms with Crippen LogP contribution in [0.2, 0.25) is 0 Å². The summed E-state index contributed by atoms with van der Waals surface area (Å²) in [5, 5.41) is 6.15. The Hall–Kier alpha value is -2.16. The van der Waals surface area contributed by atoms with Gasteiger partial charge in [0.2, 0.25) is 0 Å². The topological polar surface area (TPSA) is 46.6 Å². The van der Waals surface area contributed by atoms with Crippen molar-refractivity contribution in [2.75, 3.05) is 19.1 Å². The SMILES string of the molecule is COc1ccc(OC)c(N2C(=S)N[C@@H](c3ccccn3)[C@@H]2c2cc(Br)cs2)c1. The van der Waals surface area contributed by atoms with Gasteiger partial charge in [0.15, 0.2) is 5.11 Å². The summed E-state index contributed by atoms with van der Waals surface area (Å²) in [5.41, 5.74) is 1.79. The van der Waals surface area contributed by atoms with E-state index in [9.17, 15) is 0 Å². The Morgan fingerprint density at radius 3 is 2.68 bits per heavy atom. The molecule has 0 spiro atoms. The fraction of sp³-hybridized carbons (Fsp3) is 0.200. The van der Waals surface area contributed by atoms with E-state index in [4.69, 9.17) is 21.7 Å². The maximum atomic E-state index is 5.75. The van der Waals surface area contributed by atoms with Crippen LogP contribution in [0, 0.1) is 0 Å². The Kier molecular flexibility index (Phi) is 5.52. The first kappa shape index (κ1) is 19.2. The number of pyridine rings is 1. The van der Waals surface area contributed by atoms with Crippen molar-refractivity contribution in [3.05, 3.63) is 69.1 Å². The number of benzene rings is 1. The molecule has 8 heteroatoms. The average Bonchev–Trinajstić information content (AvgIpc) is 3.30. The molecule has 0 bridgehead atoms. The average molecular weight is 476 g/mol. The third-order valence-electron chi connectivity index (χ3n) is 4.62. The predicted molar refractivity (Wildman–Crippen MR) is 119 cm³/mol. The fourth-order valence-electron chi connectivity index (χ4n) is 3.37. The van der Waals surface area contributed by atoms with Gasteiger partial charge in [0.25, 0.3) is 0 Å². The number of halogens is 1. The van der Waals surface area contributed by atoms with Crippen molar-refractivity contribution in [3.8, 4) is 11.5 Å². The van der Waals surface area contributed by atoms with Gasteiger partial charge in [-0.05, 0) is 58.5 Å². The van der Waals surface area contributed by atoms with Crippen molar-refractivity contribution >= 4 is 50.3 Å². The molecule has 1 aliphatic heterocycles. The lowest BCUT2D eigenvalue weighted by molar-refractivity contribution is 0.403. The molecule has 1 aliphatic rings. The van der Waals surface area contributed by atoms with Crippen LogP contribution in [0.15, 0.2) is 58.5 Å². The molecule has 0 unspecified atom stereocenters. The van der Waals surface area contributed by atoms with Crippen LogP contribution in [-0.4, -0.2) is 24.3 Å². The molecule has 0 amide bonds. The van der Waals surface area contributed by atoms with Gasteiger partial charge in [-0.25, -0.2) is 0 Å². The van der Waals surface area contributed by atoms with Crippen LogP contribution < -0.4 is 19.7 Å². The van der Waals surface area contributed by atoms with E-state index < -0.39 is 0 Å². The summed E-state index contributed by atoms with van der Waals surface area (Å²) in [4.78, 5) is 7.83. The summed E-state index contributed by atoms with van der Waals surface area (Å²) in [6.45, 7) is 0. The molecule has 3 aromatic rings. The first-order valence-electron chi connectivity index (χ1n) is 8.59. The number of rotatable bonds is 5. The van der Waals surface area contributed by atoms with E-state index in [1.54, 1.807) is 31.8 Å². The molecular weight excluding hydrogens is 458 g/mol. The molecular formula is C20H18BrN3O2S2. The van der Waals surface area contributed by atoms with Gasteiger partial charge in [-0.15, -0.1) is 11.3 Å². The molecule has 1 N–H and O–H groups in total. The highest BCUT2D eigenvalue weighted by atomic mass is 79.9. The monoisotopic (exact) mass is 475 g/mol. The molecule has 2 aromatic heterocycles. The zero-order chi connectivity index (χ0) is 19.7. The van der Waals surface area contributed by atoms with Gasteiger partial charge in [-0.2, -0.15) is 0 Å². The van der Waals surface area contributed by atoms with E-state index in [1.165, 1.54) is 4.88 Å². The second kappa shape index (κ2) is 8.06. The third-order valence-corrected chi connectivity index (χ3v) is 6.70. The minimum atomic E-state index is -0.0878. The number of anilines is 1. The van der Waals surface area contributed by atoms with Crippen molar-refractivity contribution in [1.29, 1.82) is 0 Å². The van der Waals surface area contributed by atoms with Crippen LogP contribution in [0.1, 0.15) is 22.7 Å². The number of methoxy groups -OCH3 is 2. The Morgan fingerprint density at radius 2 is 2.04 bits per heavy atom. The largest absolute Gasteiger partial charge is 0.497 e. The van der Waals surface area contributed by atoms with Gasteiger partial charge >= 0.3 is 0 Å². The fourth-order valence-corrected chi connectivity index (χ4v) is 5.28. The Labute approximate surface area is 181 Å². The highest BCUT2D eigenvalue weighted by Gasteiger charge is 2.42. The molecule has 4 rings (SSSR count). The summed E-state index contributed by atoms with van der Waals surface area (Å²) in [6.07, 6.45) is 1.80. The number of hydrogen-bond donors (Lipinski definition) is 1. The van der Waals surface area contributed by atoms with E-state index in [1.807, 2.05) is 36.4 Å². The molecule has 1 saturated heterocycles. The highest BCUT2D eigenvalue weighted by Crippen LogP contribution is 2.47. The summed E-state index contributed by atoms with van der Waals surface area (Å²) in [6, 6.07) is 13.6. The first-order valence-corrected chi connectivity index (χ1v) is 10.7. The van der Waals surface area contributed by atoms with Crippen LogP contribution in [-0.2, 0) is 0 Å². The summed E-state index contributed by atoms with van der Waals surface area (Å²) < 4.78 is 12.1. The summed E-state index contributed by atoms with van der Waals surface area (Å²) in [5.74, 6) is 1.47. The first-order chi connectivity index (χ1) is 13.6. The van der Waals surface area contributed by atoms with Crippen molar-refractivity contribution in [2.24, 2.45) is 0 Å². The van der Waals surface area contributed by atoms with E-state index in [2.05, 4.69) is 42.6 Å². The van der Waals surface area contributed by atoms with E-state index in [-0.39, 0.29) is 12.1 Å². The number of thiocarbonyl (C=S) groups is 1. The van der Waals surface area contributed by atoms with Crippen LogP contribution in [0.4, 0.5) is 5.69 Å². The second-order valence-electron chi connectivity index (χ2n) is 6.20. The number of nitrogens with zero attached hydrogens (tertiary/aromatic N) is 2. The number of ether oxygens (including phenoxy) is 2. The molecule has 0 aliphatic carbocycles. The molecule has 144 valence electrons. The maximum Gasteiger partial charge on any atom is 0.174 e. The van der Waals surface area contributed by atoms with Gasteiger partial charge in [0, 0.05) is 27.0 Å². The zero-order valence-corrected chi connectivity index (χ0v) is 18.5. The minimum Gasteiger partial charge on any atom is -0.497 e. The minimum absolute atomic E-state index is 0.0697. The normalized spacial score (nSPS) is 18.8. The number of hydrogen-bond acceptors (Lipinski definition) is 5. The Bertz CT molecular complexity index is 996. The molecule has 28 heavy (non-hydrogen) atoms. The third kappa shape index (κ3) is 3.47. The van der Waals surface area contributed by atoms with E-state index in [0.29, 0.717) is 5.11 Å². The number of thiophene rings is 1. The molecule has 1 aromatic carbocycles. The van der Waals surface area contributed by atoms with Crippen molar-refractivity contribution in [1.82, 2.24) is 10.3 Å². The lowest BCUT2D eigenvalue weighted by Crippen LogP contribution is -2.29. The molecule has 3 heterocycles. The Morgan fingerprint density at radius 1 is 1.18 bits per heavy atom. The zero-order valence-electron chi connectivity index (χ0n) is 15.3. The van der Waals surface area contributed by atoms with Crippen LogP contribution in [0.5, 0.6) is 11.5 Å². The Balaban J connectivity index is 1.87. The molecule has 5 nitrogen and oxygen atoms in total. The van der Waals surface area contributed by atoms with Crippen LogP contribution in [0.3, 0.4) is 0 Å². The van der Waals surface area contributed by atoms with Gasteiger partial charge in [-0.1, -0.05) is 6.07 Å². The standard InChI is InChI=1S/C20H18BrN3O2S2/c1-25-13-6-7-16(26-2)15(10-13)24-19(17-9-12(21)11-28-17)18(23-20(24)27)14-5-3-4-8-22-14/h3-11,18-19H,1-2H3,(H,23,27)/t18-,19-/m0/s1. The number of nitrogens with one attached hydrogen (secondary N) is 1. The van der Waals surface area contributed by atoms with Crippen LogP contribution in [0.25, 0.3) is 0 Å². The van der Waals surface area contributed by atoms with Gasteiger partial charge < -0.3 is 19.7 Å². The summed E-state index contributed by atoms with van der Waals surface area (Å²) in [7, 11) is 3.31. The van der Waals surface area contributed by atoms with Gasteiger partial charge in [-0.3, -0.25) is 4.98 Å². The predicted octanol–water partition coefficient (Wildman–Crippen LogP) is 5.10.